The van der Waals surface area contributed by atoms with Crippen molar-refractivity contribution in [3.63, 3.8) is 0 Å². The van der Waals surface area contributed by atoms with E-state index in [1.807, 2.05) is 6.07 Å². The van der Waals surface area contributed by atoms with Crippen LogP contribution in [0.25, 0.3) is 5.70 Å². The summed E-state index contributed by atoms with van der Waals surface area (Å²) in [7, 11) is 1.56. The van der Waals surface area contributed by atoms with E-state index in [4.69, 9.17) is 0 Å². The standard InChI is InChI=1S/C18H13FN2O2/c1-21-16(12-8-4-5-9-13(12)19)14-15(20-18(21)23)10-6-2-3-7-11(10)17(14)22/h2-9,16H,1H3,(H,20,23)/t16-/m0/s1. The second kappa shape index (κ2) is 4.78. The zero-order valence-electron chi connectivity index (χ0n) is 12.3. The normalized spacial score (nSPS) is 19.6. The zero-order chi connectivity index (χ0) is 16.1. The molecule has 0 unspecified atom stereocenters. The van der Waals surface area contributed by atoms with E-state index in [9.17, 15) is 14.0 Å². The number of carbonyl (C=O) groups is 2. The van der Waals surface area contributed by atoms with Crippen molar-refractivity contribution in [3.8, 4) is 0 Å². The number of ketones is 1. The number of likely N-dealkylation sites (N-methyl/N-ethyl adjacent to an activating group) is 1. The zero-order valence-corrected chi connectivity index (χ0v) is 12.3. The van der Waals surface area contributed by atoms with Crippen molar-refractivity contribution in [3.05, 3.63) is 76.6 Å². The highest BCUT2D eigenvalue weighted by atomic mass is 19.1. The first-order valence-corrected chi connectivity index (χ1v) is 7.26. The third-order valence-corrected chi connectivity index (χ3v) is 4.37. The van der Waals surface area contributed by atoms with E-state index in [-0.39, 0.29) is 11.8 Å². The summed E-state index contributed by atoms with van der Waals surface area (Å²) < 4.78 is 14.3. The molecule has 5 heteroatoms. The Labute approximate surface area is 132 Å². The molecule has 4 rings (SSSR count). The molecule has 2 aromatic rings. The van der Waals surface area contributed by atoms with E-state index in [2.05, 4.69) is 5.32 Å². The first-order chi connectivity index (χ1) is 11.1. The van der Waals surface area contributed by atoms with E-state index in [0.717, 1.165) is 0 Å². The van der Waals surface area contributed by atoms with Crippen LogP contribution in [-0.2, 0) is 0 Å². The summed E-state index contributed by atoms with van der Waals surface area (Å²) in [5.41, 5.74) is 2.45. The highest BCUT2D eigenvalue weighted by Crippen LogP contribution is 2.43. The predicted octanol–water partition coefficient (Wildman–Crippen LogP) is 3.13. The number of rotatable bonds is 1. The van der Waals surface area contributed by atoms with Crippen LogP contribution in [0.4, 0.5) is 9.18 Å². The van der Waals surface area contributed by atoms with Crippen LogP contribution in [0.2, 0.25) is 0 Å². The van der Waals surface area contributed by atoms with Gasteiger partial charge in [0.25, 0.3) is 0 Å². The van der Waals surface area contributed by atoms with Gasteiger partial charge in [-0.25, -0.2) is 9.18 Å². The molecule has 0 spiro atoms. The van der Waals surface area contributed by atoms with Gasteiger partial charge in [0, 0.05) is 23.7 Å². The van der Waals surface area contributed by atoms with Crippen molar-refractivity contribution in [2.45, 2.75) is 6.04 Å². The summed E-state index contributed by atoms with van der Waals surface area (Å²) in [5, 5.41) is 2.76. The van der Waals surface area contributed by atoms with Crippen LogP contribution in [0, 0.1) is 5.82 Å². The van der Waals surface area contributed by atoms with E-state index >= 15 is 0 Å². The number of carbonyl (C=O) groups excluding carboxylic acids is 2. The Morgan fingerprint density at radius 2 is 1.65 bits per heavy atom. The largest absolute Gasteiger partial charge is 0.322 e. The third-order valence-electron chi connectivity index (χ3n) is 4.37. The summed E-state index contributed by atoms with van der Waals surface area (Å²) in [6, 6.07) is 12.2. The van der Waals surface area contributed by atoms with Crippen molar-refractivity contribution in [1.82, 2.24) is 10.2 Å². The fourth-order valence-corrected chi connectivity index (χ4v) is 3.27. The van der Waals surface area contributed by atoms with Crippen molar-refractivity contribution in [2.24, 2.45) is 0 Å². The maximum Gasteiger partial charge on any atom is 0.322 e. The number of hydrogen-bond donors (Lipinski definition) is 1. The Balaban J connectivity index is 1.96. The molecular formula is C18H13FN2O2. The van der Waals surface area contributed by atoms with Crippen LogP contribution in [0.5, 0.6) is 0 Å². The molecule has 114 valence electrons. The van der Waals surface area contributed by atoms with E-state index in [1.54, 1.807) is 43.4 Å². The number of Topliss-reactive ketones (excluding diaryl/α,β-unsaturated/α-hetero) is 1. The molecule has 2 aliphatic rings. The molecule has 0 aromatic heterocycles. The highest BCUT2D eigenvalue weighted by Gasteiger charge is 2.43. The van der Waals surface area contributed by atoms with Gasteiger partial charge in [-0.3, -0.25) is 4.79 Å². The van der Waals surface area contributed by atoms with Crippen LogP contribution in [0.15, 0.2) is 54.1 Å². The molecule has 0 fully saturated rings. The molecule has 1 N–H and O–H groups in total. The predicted molar refractivity (Wildman–Crippen MR) is 83.1 cm³/mol. The van der Waals surface area contributed by atoms with Crippen LogP contribution >= 0.6 is 0 Å². The van der Waals surface area contributed by atoms with Crippen molar-refractivity contribution in [1.29, 1.82) is 0 Å². The Hall–Kier alpha value is -2.95. The first kappa shape index (κ1) is 13.7. The van der Waals surface area contributed by atoms with Gasteiger partial charge in [-0.05, 0) is 6.07 Å². The van der Waals surface area contributed by atoms with Crippen molar-refractivity contribution in [2.75, 3.05) is 7.05 Å². The topological polar surface area (TPSA) is 49.4 Å². The lowest BCUT2D eigenvalue weighted by atomic mass is 9.93. The van der Waals surface area contributed by atoms with Crippen molar-refractivity contribution < 1.29 is 14.0 Å². The van der Waals surface area contributed by atoms with Gasteiger partial charge in [-0.1, -0.05) is 42.5 Å². The number of nitrogens with zero attached hydrogens (tertiary/aromatic N) is 1. The van der Waals surface area contributed by atoms with Crippen LogP contribution in [0.1, 0.15) is 27.5 Å². The first-order valence-electron chi connectivity index (χ1n) is 7.26. The average Bonchev–Trinajstić information content (AvgIpc) is 2.83. The van der Waals surface area contributed by atoms with Gasteiger partial charge in [0.15, 0.2) is 5.78 Å². The Morgan fingerprint density at radius 3 is 2.39 bits per heavy atom. The summed E-state index contributed by atoms with van der Waals surface area (Å²) in [6.07, 6.45) is 0. The van der Waals surface area contributed by atoms with Gasteiger partial charge in [-0.15, -0.1) is 0 Å². The van der Waals surface area contributed by atoms with E-state index in [0.29, 0.717) is 28.0 Å². The maximum atomic E-state index is 14.3. The van der Waals surface area contributed by atoms with Crippen LogP contribution in [0.3, 0.4) is 0 Å². The number of nitrogens with one attached hydrogen (secondary N) is 1. The van der Waals surface area contributed by atoms with Crippen molar-refractivity contribution >= 4 is 17.5 Å². The lowest BCUT2D eigenvalue weighted by Crippen LogP contribution is -2.44. The van der Waals surface area contributed by atoms with Gasteiger partial charge in [0.1, 0.15) is 5.82 Å². The number of halogens is 1. The van der Waals surface area contributed by atoms with Gasteiger partial charge < -0.3 is 10.2 Å². The Bertz CT molecular complexity index is 888. The minimum absolute atomic E-state index is 0.171. The van der Waals surface area contributed by atoms with Crippen LogP contribution in [-0.4, -0.2) is 23.8 Å². The molecule has 4 nitrogen and oxygen atoms in total. The summed E-state index contributed by atoms with van der Waals surface area (Å²) in [5.74, 6) is -0.606. The molecule has 2 aromatic carbocycles. The second-order valence-electron chi connectivity index (χ2n) is 5.63. The fourth-order valence-electron chi connectivity index (χ4n) is 3.27. The van der Waals surface area contributed by atoms with Gasteiger partial charge >= 0.3 is 6.03 Å². The lowest BCUT2D eigenvalue weighted by Gasteiger charge is -2.34. The number of fused-ring (bicyclic) bond motifs is 2. The average molecular weight is 308 g/mol. The minimum atomic E-state index is -0.736. The van der Waals surface area contributed by atoms with Gasteiger partial charge in [0.2, 0.25) is 0 Å². The second-order valence-corrected chi connectivity index (χ2v) is 5.63. The molecule has 1 atom stereocenters. The third kappa shape index (κ3) is 1.83. The number of urea groups is 1. The number of benzene rings is 2. The SMILES string of the molecule is CN1C(=O)NC2=C(C(=O)c3ccccc32)[C@@H]1c1ccccc1F. The Kier molecular flexibility index (Phi) is 2.84. The molecule has 0 radical (unpaired) electrons. The molecule has 23 heavy (non-hydrogen) atoms. The number of hydrogen-bond acceptors (Lipinski definition) is 2. The molecule has 1 aliphatic heterocycles. The van der Waals surface area contributed by atoms with Gasteiger partial charge in [0.05, 0.1) is 17.3 Å². The van der Waals surface area contributed by atoms with Crippen LogP contribution < -0.4 is 5.32 Å². The summed E-state index contributed by atoms with van der Waals surface area (Å²) >= 11 is 0. The van der Waals surface area contributed by atoms with E-state index in [1.165, 1.54) is 11.0 Å². The smallest absolute Gasteiger partial charge is 0.316 e. The van der Waals surface area contributed by atoms with E-state index < -0.39 is 11.9 Å². The number of amides is 2. The molecular weight excluding hydrogens is 295 g/mol. The van der Waals surface area contributed by atoms with Gasteiger partial charge in [-0.2, -0.15) is 0 Å². The molecule has 1 aliphatic carbocycles. The molecule has 0 bridgehead atoms. The fraction of sp³-hybridized carbons (Fsp3) is 0.111. The monoisotopic (exact) mass is 308 g/mol. The molecule has 2 amide bonds. The summed E-state index contributed by atoms with van der Waals surface area (Å²) in [4.78, 5) is 26.5. The Morgan fingerprint density at radius 1 is 1.00 bits per heavy atom. The summed E-state index contributed by atoms with van der Waals surface area (Å²) in [6.45, 7) is 0. The molecule has 0 saturated carbocycles. The molecule has 1 heterocycles. The molecule has 0 saturated heterocycles. The maximum absolute atomic E-state index is 14.3. The lowest BCUT2D eigenvalue weighted by molar-refractivity contribution is 0.101. The highest BCUT2D eigenvalue weighted by molar-refractivity contribution is 6.23. The minimum Gasteiger partial charge on any atom is -0.316 e. The quantitative estimate of drug-likeness (QED) is 0.880.